The van der Waals surface area contributed by atoms with E-state index in [0.717, 1.165) is 31.3 Å². The number of fused-ring (bicyclic) bond motifs is 1. The predicted octanol–water partition coefficient (Wildman–Crippen LogP) is 4.13. The lowest BCUT2D eigenvalue weighted by molar-refractivity contribution is -0.191. The van der Waals surface area contributed by atoms with Crippen molar-refractivity contribution in [2.24, 2.45) is 22.7 Å². The number of allylic oxidation sites excluding steroid dienone is 2. The molecule has 5 atom stereocenters. The largest absolute Gasteiger partial charge is 0.465 e. The molecule has 1 aliphatic heterocycles. The zero-order valence-electron chi connectivity index (χ0n) is 18.6. The minimum Gasteiger partial charge on any atom is -0.465 e. The van der Waals surface area contributed by atoms with E-state index < -0.39 is 5.41 Å². The number of carbonyl (C=O) groups excluding carboxylic acids is 3. The molecule has 30 heavy (non-hydrogen) atoms. The zero-order valence-corrected chi connectivity index (χ0v) is 18.6. The summed E-state index contributed by atoms with van der Waals surface area (Å²) in [7, 11) is 0. The van der Waals surface area contributed by atoms with Crippen LogP contribution in [0.4, 0.5) is 0 Å². The molecule has 2 saturated carbocycles. The third-order valence-corrected chi connectivity index (χ3v) is 7.68. The Morgan fingerprint density at radius 1 is 1.20 bits per heavy atom. The molecule has 0 radical (unpaired) electrons. The van der Waals surface area contributed by atoms with Crippen molar-refractivity contribution in [2.45, 2.75) is 72.3 Å². The second kappa shape index (κ2) is 8.56. The number of rotatable bonds is 5. The number of hydrogen-bond acceptors (Lipinski definition) is 6. The molecule has 0 amide bonds. The van der Waals surface area contributed by atoms with Gasteiger partial charge in [0.25, 0.3) is 0 Å². The van der Waals surface area contributed by atoms with Crippen LogP contribution in [0.25, 0.3) is 0 Å². The molecule has 166 valence electrons. The molecule has 0 aromatic rings. The van der Waals surface area contributed by atoms with Gasteiger partial charge < -0.3 is 14.2 Å². The molecule has 3 fully saturated rings. The second-order valence-electron chi connectivity index (χ2n) is 9.58. The zero-order chi connectivity index (χ0) is 22.1. The van der Waals surface area contributed by atoms with Gasteiger partial charge in [0.05, 0.1) is 6.61 Å². The molecule has 5 unspecified atom stereocenters. The second-order valence-corrected chi connectivity index (χ2v) is 9.58. The summed E-state index contributed by atoms with van der Waals surface area (Å²) in [5, 5.41) is 0. The highest BCUT2D eigenvalue weighted by Crippen LogP contribution is 2.62. The number of esters is 3. The lowest BCUT2D eigenvalue weighted by atomic mass is 9.46. The van der Waals surface area contributed by atoms with E-state index in [1.807, 2.05) is 6.08 Å². The van der Waals surface area contributed by atoms with Gasteiger partial charge in [0.15, 0.2) is 0 Å². The number of cyclic esters (lactones) is 1. The summed E-state index contributed by atoms with van der Waals surface area (Å²) in [6, 6.07) is 0. The van der Waals surface area contributed by atoms with Gasteiger partial charge in [-0.1, -0.05) is 32.1 Å². The Kier molecular flexibility index (Phi) is 6.44. The first kappa shape index (κ1) is 22.6. The number of hydrogen-bond donors (Lipinski definition) is 0. The Morgan fingerprint density at radius 2 is 1.93 bits per heavy atom. The monoisotopic (exact) mass is 418 g/mol. The van der Waals surface area contributed by atoms with Crippen molar-refractivity contribution < 1.29 is 28.6 Å². The maximum absolute atomic E-state index is 11.9. The topological polar surface area (TPSA) is 78.9 Å². The fourth-order valence-corrected chi connectivity index (χ4v) is 6.14. The summed E-state index contributed by atoms with van der Waals surface area (Å²) in [6.07, 6.45) is 6.55. The molecule has 0 spiro atoms. The van der Waals surface area contributed by atoms with Crippen LogP contribution in [0.1, 0.15) is 66.2 Å². The minimum atomic E-state index is -0.470. The summed E-state index contributed by atoms with van der Waals surface area (Å²) in [5.74, 6) is -0.430. The third-order valence-electron chi connectivity index (χ3n) is 7.68. The average molecular weight is 419 g/mol. The predicted molar refractivity (Wildman–Crippen MR) is 111 cm³/mol. The van der Waals surface area contributed by atoms with E-state index in [-0.39, 0.29) is 47.9 Å². The van der Waals surface area contributed by atoms with Crippen LogP contribution in [0.3, 0.4) is 0 Å². The highest BCUT2D eigenvalue weighted by Gasteiger charge is 2.59. The summed E-state index contributed by atoms with van der Waals surface area (Å²) in [4.78, 5) is 35.3. The van der Waals surface area contributed by atoms with E-state index in [4.69, 9.17) is 14.2 Å². The van der Waals surface area contributed by atoms with Crippen molar-refractivity contribution in [3.63, 3.8) is 0 Å². The van der Waals surface area contributed by atoms with E-state index in [1.165, 1.54) is 19.4 Å². The summed E-state index contributed by atoms with van der Waals surface area (Å²) >= 11 is 0. The minimum absolute atomic E-state index is 0.0829. The Balaban J connectivity index is 1.91. The third kappa shape index (κ3) is 4.19. The molecule has 0 bridgehead atoms. The molecule has 0 aromatic heterocycles. The van der Waals surface area contributed by atoms with Gasteiger partial charge >= 0.3 is 17.9 Å². The summed E-state index contributed by atoms with van der Waals surface area (Å²) in [5.41, 5.74) is 1.41. The summed E-state index contributed by atoms with van der Waals surface area (Å²) < 4.78 is 16.3. The van der Waals surface area contributed by atoms with Crippen LogP contribution in [-0.2, 0) is 28.6 Å². The molecule has 3 aliphatic rings. The van der Waals surface area contributed by atoms with Crippen LogP contribution in [0.15, 0.2) is 23.8 Å². The molecule has 6 nitrogen and oxygen atoms in total. The van der Waals surface area contributed by atoms with Gasteiger partial charge in [-0.05, 0) is 49.4 Å². The van der Waals surface area contributed by atoms with Crippen LogP contribution in [-0.4, -0.2) is 37.2 Å². The van der Waals surface area contributed by atoms with Crippen molar-refractivity contribution in [1.29, 1.82) is 0 Å². The van der Waals surface area contributed by atoms with Crippen LogP contribution >= 0.6 is 0 Å². The van der Waals surface area contributed by atoms with Crippen molar-refractivity contribution in [3.8, 4) is 0 Å². The number of carbonyl (C=O) groups is 3. The van der Waals surface area contributed by atoms with Crippen LogP contribution in [0.5, 0.6) is 0 Å². The Labute approximate surface area is 179 Å². The first-order valence-electron chi connectivity index (χ1n) is 10.9. The molecular formula is C24H34O6. The van der Waals surface area contributed by atoms with Crippen LogP contribution in [0, 0.1) is 22.7 Å². The molecule has 1 heterocycles. The van der Waals surface area contributed by atoms with Crippen molar-refractivity contribution >= 4 is 17.9 Å². The highest BCUT2D eigenvalue weighted by molar-refractivity contribution is 5.90. The van der Waals surface area contributed by atoms with Crippen LogP contribution < -0.4 is 0 Å². The van der Waals surface area contributed by atoms with Crippen molar-refractivity contribution in [3.05, 3.63) is 23.8 Å². The summed E-state index contributed by atoms with van der Waals surface area (Å²) in [6.45, 7) is 12.3. The van der Waals surface area contributed by atoms with E-state index >= 15 is 0 Å². The molecule has 0 aromatic carbocycles. The maximum Gasteiger partial charge on any atom is 0.333 e. The SMILES string of the molecule is C=C1CCC2C(C)(COC(C)=O)C(OC(C)=O)CCC2(C)C1CC=C1CCOC1=O. The molecule has 1 saturated heterocycles. The van der Waals surface area contributed by atoms with Crippen molar-refractivity contribution in [2.75, 3.05) is 13.2 Å². The quantitative estimate of drug-likeness (QED) is 0.289. The van der Waals surface area contributed by atoms with Gasteiger partial charge in [0.1, 0.15) is 12.7 Å². The smallest absolute Gasteiger partial charge is 0.333 e. The highest BCUT2D eigenvalue weighted by atomic mass is 16.6. The van der Waals surface area contributed by atoms with E-state index in [1.54, 1.807) is 0 Å². The molecule has 3 rings (SSSR count). The van der Waals surface area contributed by atoms with Gasteiger partial charge in [-0.2, -0.15) is 0 Å². The molecule has 2 aliphatic carbocycles. The first-order valence-corrected chi connectivity index (χ1v) is 10.9. The van der Waals surface area contributed by atoms with Gasteiger partial charge in [0.2, 0.25) is 0 Å². The van der Waals surface area contributed by atoms with E-state index in [9.17, 15) is 14.4 Å². The van der Waals surface area contributed by atoms with Gasteiger partial charge in [-0.3, -0.25) is 9.59 Å². The first-order chi connectivity index (χ1) is 14.1. The van der Waals surface area contributed by atoms with E-state index in [2.05, 4.69) is 20.4 Å². The lowest BCUT2D eigenvalue weighted by Gasteiger charge is -2.60. The molecule has 6 heteroatoms. The van der Waals surface area contributed by atoms with Gasteiger partial charge in [0, 0.05) is 31.3 Å². The average Bonchev–Trinajstić information content (AvgIpc) is 3.07. The molecular weight excluding hydrogens is 384 g/mol. The van der Waals surface area contributed by atoms with Crippen molar-refractivity contribution in [1.82, 2.24) is 0 Å². The standard InChI is InChI=1S/C24H34O6/c1-15-6-9-20-23(4,19(15)8-7-18-11-13-28-22(18)27)12-10-21(30-17(3)26)24(20,5)14-29-16(2)25/h7,19-21H,1,6,8-14H2,2-5H3. The van der Waals surface area contributed by atoms with Crippen LogP contribution in [0.2, 0.25) is 0 Å². The fraction of sp³-hybridized carbons (Fsp3) is 0.708. The Bertz CT molecular complexity index is 768. The van der Waals surface area contributed by atoms with E-state index in [0.29, 0.717) is 19.4 Å². The Morgan fingerprint density at radius 3 is 2.53 bits per heavy atom. The van der Waals surface area contributed by atoms with Gasteiger partial charge in [-0.25, -0.2) is 4.79 Å². The fourth-order valence-electron chi connectivity index (χ4n) is 6.14. The van der Waals surface area contributed by atoms with Gasteiger partial charge in [-0.15, -0.1) is 0 Å². The normalized spacial score (nSPS) is 37.5. The lowest BCUT2D eigenvalue weighted by Crippen LogP contribution is -2.58. The maximum atomic E-state index is 11.9. The molecule has 0 N–H and O–H groups in total. The Hall–Kier alpha value is -2.11. The number of ether oxygens (including phenoxy) is 3.